The Balaban J connectivity index is 1.51. The predicted octanol–water partition coefficient (Wildman–Crippen LogP) is 2.52. The number of nitrogens with zero attached hydrogens (tertiary/aromatic N) is 5. The molecular weight excluding hydrogens is 558 g/mol. The Bertz CT molecular complexity index is 1790. The number of halogens is 2. The van der Waals surface area contributed by atoms with E-state index in [1.54, 1.807) is 0 Å². The zero-order valence-corrected chi connectivity index (χ0v) is 22.5. The van der Waals surface area contributed by atoms with Gasteiger partial charge in [0, 0.05) is 46.4 Å². The summed E-state index contributed by atoms with van der Waals surface area (Å²) in [5, 5.41) is 40.1. The third-order valence-electron chi connectivity index (χ3n) is 8.29. The summed E-state index contributed by atoms with van der Waals surface area (Å²) in [5.41, 5.74) is 6.95. The molecule has 14 heteroatoms. The molecule has 2 atom stereocenters. The fourth-order valence-electron chi connectivity index (χ4n) is 6.56. The molecule has 4 aromatic rings. The number of hydrogen-bond donors (Lipinski definition) is 4. The van der Waals surface area contributed by atoms with Crippen LogP contribution in [0, 0.1) is 23.0 Å². The largest absolute Gasteiger partial charge is 0.467 e. The normalized spacial score (nSPS) is 20.7. The van der Waals surface area contributed by atoms with Crippen LogP contribution < -0.4 is 15.4 Å². The van der Waals surface area contributed by atoms with Crippen molar-refractivity contribution in [2.75, 3.05) is 30.8 Å². The molecule has 11 nitrogen and oxygen atoms in total. The molecular formula is C27H24F2N6O5S. The van der Waals surface area contributed by atoms with Gasteiger partial charge < -0.3 is 35.4 Å². The van der Waals surface area contributed by atoms with Crippen molar-refractivity contribution in [3.05, 3.63) is 40.5 Å². The molecule has 3 aliphatic rings. The molecule has 212 valence electrons. The number of anilines is 2. The molecule has 0 spiro atoms. The molecule has 2 saturated heterocycles. The molecule has 2 fully saturated rings. The molecule has 2 unspecified atom stereocenters. The Morgan fingerprint density at radius 1 is 1.10 bits per heavy atom. The minimum absolute atomic E-state index is 0.00300. The van der Waals surface area contributed by atoms with Crippen LogP contribution in [0.5, 0.6) is 6.01 Å². The number of hydrogen-bond acceptors (Lipinski definition) is 12. The highest BCUT2D eigenvalue weighted by Crippen LogP contribution is 2.49. The van der Waals surface area contributed by atoms with Crippen molar-refractivity contribution >= 4 is 43.1 Å². The lowest BCUT2D eigenvalue weighted by molar-refractivity contribution is -0.395. The standard InChI is InChI=1S/C27H24F2N6O5S/c1-39-26-32-23-20(25(33-26)35-11-2-3-12(35)8-34(7-11)27(36,37)38)15-10-40-9-14(15)19(22(23)29)21-16(28)4-5-17-18(21)13(6-30)24(31)41-17/h4-5,11-12,36-38H,2-3,7-10,31H2,1H3. The smallest absolute Gasteiger partial charge is 0.345 e. The highest BCUT2D eigenvalue weighted by molar-refractivity contribution is 7.23. The Morgan fingerprint density at radius 2 is 1.80 bits per heavy atom. The van der Waals surface area contributed by atoms with Gasteiger partial charge in [-0.25, -0.2) is 13.7 Å². The molecule has 5 heterocycles. The van der Waals surface area contributed by atoms with Crippen LogP contribution in [0.3, 0.4) is 0 Å². The highest BCUT2D eigenvalue weighted by Gasteiger charge is 2.47. The van der Waals surface area contributed by atoms with E-state index in [1.165, 1.54) is 24.1 Å². The van der Waals surface area contributed by atoms with Gasteiger partial charge in [0.25, 0.3) is 0 Å². The van der Waals surface area contributed by atoms with Crippen LogP contribution in [-0.2, 0) is 18.0 Å². The Morgan fingerprint density at radius 3 is 2.46 bits per heavy atom. The molecule has 5 N–H and O–H groups in total. The van der Waals surface area contributed by atoms with E-state index in [0.29, 0.717) is 39.9 Å². The quantitative estimate of drug-likeness (QED) is 0.262. The average molecular weight is 583 g/mol. The van der Waals surface area contributed by atoms with Crippen LogP contribution in [0.25, 0.3) is 32.1 Å². The Labute approximate surface area is 235 Å². The second-order valence-electron chi connectivity index (χ2n) is 10.4. The van der Waals surface area contributed by atoms with Gasteiger partial charge in [-0.05, 0) is 36.1 Å². The molecule has 3 aliphatic heterocycles. The molecule has 0 aliphatic carbocycles. The number of thiophene rings is 1. The first-order valence-corrected chi connectivity index (χ1v) is 13.7. The van der Waals surface area contributed by atoms with Gasteiger partial charge >= 0.3 is 12.1 Å². The van der Waals surface area contributed by atoms with Crippen molar-refractivity contribution < 1.29 is 33.6 Å². The van der Waals surface area contributed by atoms with Crippen molar-refractivity contribution in [3.8, 4) is 23.2 Å². The summed E-state index contributed by atoms with van der Waals surface area (Å²) < 4.78 is 44.2. The summed E-state index contributed by atoms with van der Waals surface area (Å²) in [6, 6.07) is 4.13. The SMILES string of the molecule is COc1nc(N2C3CCC2CN(C(O)(O)O)C3)c2c3c(c(-c4c(F)ccc5sc(N)c(C#N)c45)c(F)c2n1)COC3. The molecule has 7 rings (SSSR count). The molecule has 2 aromatic carbocycles. The Kier molecular flexibility index (Phi) is 5.85. The topological polar surface area (TPSA) is 161 Å². The minimum Gasteiger partial charge on any atom is -0.467 e. The summed E-state index contributed by atoms with van der Waals surface area (Å²) in [6.07, 6.45) is -1.62. The fourth-order valence-corrected chi connectivity index (χ4v) is 7.49. The van der Waals surface area contributed by atoms with E-state index in [0.717, 1.165) is 11.3 Å². The Hall–Kier alpha value is -3.71. The van der Waals surface area contributed by atoms with E-state index in [2.05, 4.69) is 9.97 Å². The number of nitrogens with two attached hydrogens (primary N) is 1. The summed E-state index contributed by atoms with van der Waals surface area (Å²) >= 11 is 1.13. The van der Waals surface area contributed by atoms with Gasteiger partial charge in [0.2, 0.25) is 0 Å². The number of likely N-dealkylation sites (tertiary alicyclic amines) is 1. The van der Waals surface area contributed by atoms with Crippen molar-refractivity contribution in [2.45, 2.75) is 44.2 Å². The predicted molar refractivity (Wildman–Crippen MR) is 145 cm³/mol. The van der Waals surface area contributed by atoms with Gasteiger partial charge in [-0.15, -0.1) is 11.3 Å². The first-order valence-electron chi connectivity index (χ1n) is 12.9. The average Bonchev–Trinajstić information content (AvgIpc) is 3.61. The first kappa shape index (κ1) is 26.2. The third-order valence-corrected chi connectivity index (χ3v) is 9.27. The van der Waals surface area contributed by atoms with Gasteiger partial charge in [0.05, 0.1) is 31.3 Å². The van der Waals surface area contributed by atoms with Crippen LogP contribution in [-0.4, -0.2) is 68.6 Å². The van der Waals surface area contributed by atoms with E-state index < -0.39 is 17.7 Å². The number of aromatic nitrogens is 2. The number of nitriles is 1. The van der Waals surface area contributed by atoms with Crippen LogP contribution in [0.4, 0.5) is 19.6 Å². The van der Waals surface area contributed by atoms with E-state index in [1.807, 2.05) is 11.0 Å². The summed E-state index contributed by atoms with van der Waals surface area (Å²) in [6.45, 7) is 0.342. The lowest BCUT2D eigenvalue weighted by atomic mass is 9.90. The summed E-state index contributed by atoms with van der Waals surface area (Å²) in [4.78, 5) is 12.1. The van der Waals surface area contributed by atoms with E-state index >= 15 is 8.78 Å². The van der Waals surface area contributed by atoms with E-state index in [-0.39, 0.29) is 77.0 Å². The minimum atomic E-state index is -2.97. The summed E-state index contributed by atoms with van der Waals surface area (Å²) in [5.74, 6) is -1.13. The highest BCUT2D eigenvalue weighted by atomic mass is 32.1. The molecule has 0 saturated carbocycles. The van der Waals surface area contributed by atoms with Crippen molar-refractivity contribution in [1.29, 1.82) is 5.26 Å². The van der Waals surface area contributed by atoms with Gasteiger partial charge in [0.1, 0.15) is 28.2 Å². The van der Waals surface area contributed by atoms with Crippen molar-refractivity contribution in [3.63, 3.8) is 0 Å². The number of benzene rings is 2. The first-order chi connectivity index (χ1) is 19.6. The zero-order chi connectivity index (χ0) is 28.8. The van der Waals surface area contributed by atoms with Crippen molar-refractivity contribution in [1.82, 2.24) is 14.9 Å². The van der Waals surface area contributed by atoms with Gasteiger partial charge in [-0.2, -0.15) is 15.2 Å². The van der Waals surface area contributed by atoms with Gasteiger partial charge in [0.15, 0.2) is 5.82 Å². The number of fused-ring (bicyclic) bond motifs is 6. The van der Waals surface area contributed by atoms with E-state index in [9.17, 15) is 20.6 Å². The third kappa shape index (κ3) is 3.78. The van der Waals surface area contributed by atoms with E-state index in [4.69, 9.17) is 15.2 Å². The molecule has 0 radical (unpaired) electrons. The number of piperazine rings is 1. The molecule has 2 bridgehead atoms. The zero-order valence-electron chi connectivity index (χ0n) is 21.7. The van der Waals surface area contributed by atoms with Gasteiger partial charge in [-0.3, -0.25) is 0 Å². The van der Waals surface area contributed by atoms with Crippen LogP contribution >= 0.6 is 11.3 Å². The van der Waals surface area contributed by atoms with Gasteiger partial charge in [-0.1, -0.05) is 0 Å². The second kappa shape index (κ2) is 9.15. The number of nitrogen functional groups attached to an aromatic ring is 1. The lowest BCUT2D eigenvalue weighted by Crippen LogP contribution is -2.61. The fraction of sp³-hybridized carbons (Fsp3) is 0.370. The molecule has 41 heavy (non-hydrogen) atoms. The number of aliphatic hydroxyl groups is 3. The summed E-state index contributed by atoms with van der Waals surface area (Å²) in [7, 11) is 1.36. The maximum atomic E-state index is 16.8. The van der Waals surface area contributed by atoms with Crippen LogP contribution in [0.2, 0.25) is 0 Å². The van der Waals surface area contributed by atoms with Crippen LogP contribution in [0.1, 0.15) is 29.5 Å². The lowest BCUT2D eigenvalue weighted by Gasteiger charge is -2.44. The van der Waals surface area contributed by atoms with Crippen LogP contribution in [0.15, 0.2) is 12.1 Å². The second-order valence-corrected chi connectivity index (χ2v) is 11.5. The maximum Gasteiger partial charge on any atom is 0.345 e. The number of rotatable bonds is 4. The molecule has 0 amide bonds. The molecule has 2 aromatic heterocycles. The number of methoxy groups -OCH3 is 1. The number of ether oxygens (including phenoxy) is 2. The monoisotopic (exact) mass is 582 g/mol. The maximum absolute atomic E-state index is 16.8. The van der Waals surface area contributed by atoms with Crippen molar-refractivity contribution in [2.24, 2.45) is 0 Å².